The van der Waals surface area contributed by atoms with Crippen molar-refractivity contribution in [2.24, 2.45) is 5.92 Å². The molecule has 3 aromatic carbocycles. The number of hydrogen-bond acceptors (Lipinski definition) is 6. The van der Waals surface area contributed by atoms with Crippen molar-refractivity contribution in [2.45, 2.75) is 30.7 Å². The summed E-state index contributed by atoms with van der Waals surface area (Å²) >= 11 is 1.13. The van der Waals surface area contributed by atoms with E-state index in [2.05, 4.69) is 10.6 Å². The number of rotatable bonds is 12. The fraction of sp³-hybridized carbons (Fsp3) is 0.267. The number of carboxylic acids is 1. The summed E-state index contributed by atoms with van der Waals surface area (Å²) in [6.07, 6.45) is 0. The lowest BCUT2D eigenvalue weighted by atomic mass is 9.74. The number of ketones is 1. The van der Waals surface area contributed by atoms with E-state index in [-0.39, 0.29) is 23.4 Å². The molecule has 4 rings (SSSR count). The third-order valence-electron chi connectivity index (χ3n) is 6.73. The van der Waals surface area contributed by atoms with Crippen LogP contribution < -0.4 is 15.4 Å². The normalized spacial score (nSPS) is 18.7. The highest BCUT2D eigenvalue weighted by molar-refractivity contribution is 8.01. The maximum atomic E-state index is 13.8. The van der Waals surface area contributed by atoms with E-state index in [4.69, 9.17) is 4.74 Å². The predicted molar refractivity (Wildman–Crippen MR) is 149 cm³/mol. The van der Waals surface area contributed by atoms with Crippen molar-refractivity contribution in [2.75, 3.05) is 12.4 Å². The summed E-state index contributed by atoms with van der Waals surface area (Å²) in [4.78, 5) is 49.1. The Morgan fingerprint density at radius 1 is 0.951 bits per heavy atom. The van der Waals surface area contributed by atoms with E-state index in [1.54, 1.807) is 50.2 Å². The molecule has 41 heavy (non-hydrogen) atoms. The molecule has 0 aliphatic carbocycles. The minimum absolute atomic E-state index is 0.0450. The van der Waals surface area contributed by atoms with Crippen LogP contribution in [0.5, 0.6) is 5.75 Å². The van der Waals surface area contributed by atoms with Gasteiger partial charge in [-0.05, 0) is 65.6 Å². The molecule has 1 heterocycles. The fourth-order valence-electron chi connectivity index (χ4n) is 4.54. The molecule has 8 nitrogen and oxygen atoms in total. The van der Waals surface area contributed by atoms with Gasteiger partial charge in [-0.3, -0.25) is 14.4 Å². The van der Waals surface area contributed by atoms with Gasteiger partial charge in [-0.25, -0.2) is 13.6 Å². The first-order valence-electron chi connectivity index (χ1n) is 12.7. The molecule has 1 fully saturated rings. The summed E-state index contributed by atoms with van der Waals surface area (Å²) < 4.78 is 32.6. The maximum Gasteiger partial charge on any atom is 0.326 e. The number of thioether (sulfide) groups is 1. The molecule has 3 atom stereocenters. The Bertz CT molecular complexity index is 1430. The van der Waals surface area contributed by atoms with Gasteiger partial charge in [0.1, 0.15) is 34.2 Å². The number of Topliss-reactive ketones (excluding diaryl/α,β-unsaturated/α-hetero) is 1. The summed E-state index contributed by atoms with van der Waals surface area (Å²) in [6, 6.07) is 16.4. The molecule has 2 amide bonds. The Balaban J connectivity index is 1.52. The SMILES string of the molecule is CC(C)[C@@H](NC(=O)COc1ccc([C@]2(c3ccc(F)cc3)NC(=O)[C@@H]2SCC(=O)c2ccc(F)cc2)cc1)C(=O)O. The Hall–Kier alpha value is -4.25. The van der Waals surface area contributed by atoms with E-state index in [0.717, 1.165) is 11.8 Å². The highest BCUT2D eigenvalue weighted by Crippen LogP contribution is 2.45. The lowest BCUT2D eigenvalue weighted by molar-refractivity contribution is -0.143. The highest BCUT2D eigenvalue weighted by Gasteiger charge is 2.56. The number of carbonyl (C=O) groups is 4. The largest absolute Gasteiger partial charge is 0.484 e. The highest BCUT2D eigenvalue weighted by atomic mass is 32.2. The van der Waals surface area contributed by atoms with E-state index in [1.165, 1.54) is 36.4 Å². The van der Waals surface area contributed by atoms with E-state index >= 15 is 0 Å². The number of halogens is 2. The number of aliphatic carboxylic acids is 1. The number of carbonyl (C=O) groups excluding carboxylic acids is 3. The molecule has 1 aliphatic rings. The summed E-state index contributed by atoms with van der Waals surface area (Å²) in [5.41, 5.74) is 0.477. The Morgan fingerprint density at radius 3 is 2.00 bits per heavy atom. The van der Waals surface area contributed by atoms with E-state index in [0.29, 0.717) is 22.4 Å². The zero-order valence-corrected chi connectivity index (χ0v) is 23.0. The van der Waals surface area contributed by atoms with Crippen molar-refractivity contribution in [1.82, 2.24) is 10.6 Å². The van der Waals surface area contributed by atoms with Crippen molar-refractivity contribution in [1.29, 1.82) is 0 Å². The van der Waals surface area contributed by atoms with Crippen molar-refractivity contribution in [3.63, 3.8) is 0 Å². The number of nitrogens with one attached hydrogen (secondary N) is 2. The zero-order valence-electron chi connectivity index (χ0n) is 22.2. The van der Waals surface area contributed by atoms with Crippen LogP contribution in [-0.4, -0.2) is 52.3 Å². The second-order valence-electron chi connectivity index (χ2n) is 9.87. The van der Waals surface area contributed by atoms with Gasteiger partial charge >= 0.3 is 5.97 Å². The van der Waals surface area contributed by atoms with Crippen LogP contribution in [0.15, 0.2) is 72.8 Å². The topological polar surface area (TPSA) is 122 Å². The van der Waals surface area contributed by atoms with Gasteiger partial charge in [0, 0.05) is 5.56 Å². The van der Waals surface area contributed by atoms with Crippen LogP contribution in [-0.2, 0) is 19.9 Å². The van der Waals surface area contributed by atoms with Crippen molar-refractivity contribution < 1.29 is 37.8 Å². The van der Waals surface area contributed by atoms with Crippen LogP contribution in [0.1, 0.15) is 35.3 Å². The smallest absolute Gasteiger partial charge is 0.326 e. The molecule has 1 saturated heterocycles. The van der Waals surface area contributed by atoms with Gasteiger partial charge in [0.15, 0.2) is 12.4 Å². The molecule has 214 valence electrons. The Morgan fingerprint density at radius 2 is 1.49 bits per heavy atom. The summed E-state index contributed by atoms with van der Waals surface area (Å²) in [6.45, 7) is 2.96. The van der Waals surface area contributed by atoms with E-state index in [9.17, 15) is 33.1 Å². The molecule has 0 unspecified atom stereocenters. The summed E-state index contributed by atoms with van der Waals surface area (Å²) in [7, 11) is 0. The van der Waals surface area contributed by atoms with Crippen molar-refractivity contribution in [3.05, 3.63) is 101 Å². The summed E-state index contributed by atoms with van der Waals surface area (Å²) in [5.74, 6) is -3.25. The second-order valence-corrected chi connectivity index (χ2v) is 11.0. The monoisotopic (exact) mass is 582 g/mol. The number of hydrogen-bond donors (Lipinski definition) is 3. The van der Waals surface area contributed by atoms with Gasteiger partial charge in [0.25, 0.3) is 5.91 Å². The molecule has 3 N–H and O–H groups in total. The molecular formula is C30H28F2N2O6S. The number of amides is 2. The van der Waals surface area contributed by atoms with Crippen LogP contribution in [0.25, 0.3) is 0 Å². The number of benzene rings is 3. The average Bonchev–Trinajstić information content (AvgIpc) is 2.94. The predicted octanol–water partition coefficient (Wildman–Crippen LogP) is 3.93. The molecule has 0 radical (unpaired) electrons. The van der Waals surface area contributed by atoms with Crippen LogP contribution in [0, 0.1) is 17.6 Å². The van der Waals surface area contributed by atoms with E-state index in [1.807, 2.05) is 0 Å². The quantitative estimate of drug-likeness (QED) is 0.219. The molecule has 11 heteroatoms. The van der Waals surface area contributed by atoms with Crippen LogP contribution in [0.2, 0.25) is 0 Å². The van der Waals surface area contributed by atoms with Crippen molar-refractivity contribution >= 4 is 35.3 Å². The molecule has 0 saturated carbocycles. The standard InChI is InChI=1S/C30H28F2N2O6S/c1-17(2)26(29(38)39)33-25(36)15-40-23-13-7-20(8-14-23)30(19-5-11-22(32)12-6-19)27(28(37)34-30)41-16-24(35)18-3-9-21(31)10-4-18/h3-14,17,26-27H,15-16H2,1-2H3,(H,33,36)(H,34,37)(H,38,39)/t26-,27+,30+/m1/s1. The first kappa shape index (κ1) is 29.7. The first-order chi connectivity index (χ1) is 19.5. The first-order valence-corrected chi connectivity index (χ1v) is 13.8. The minimum atomic E-state index is -1.14. The van der Waals surface area contributed by atoms with Crippen LogP contribution in [0.3, 0.4) is 0 Å². The maximum absolute atomic E-state index is 13.8. The molecule has 3 aromatic rings. The second kappa shape index (κ2) is 12.5. The Labute approximate surface area is 239 Å². The molecule has 1 aliphatic heterocycles. The number of β-lactam (4-membered cyclic amide) rings is 1. The van der Waals surface area contributed by atoms with Gasteiger partial charge in [0.05, 0.1) is 5.75 Å². The average molecular weight is 583 g/mol. The molecule has 0 bridgehead atoms. The van der Waals surface area contributed by atoms with Crippen LogP contribution >= 0.6 is 11.8 Å². The number of ether oxygens (including phenoxy) is 1. The number of carboxylic acid groups (broad SMARTS) is 1. The van der Waals surface area contributed by atoms with Gasteiger partial charge < -0.3 is 20.5 Å². The van der Waals surface area contributed by atoms with Gasteiger partial charge in [-0.1, -0.05) is 38.1 Å². The lowest BCUT2D eigenvalue weighted by Crippen LogP contribution is -2.69. The minimum Gasteiger partial charge on any atom is -0.484 e. The fourth-order valence-corrected chi connectivity index (χ4v) is 5.82. The summed E-state index contributed by atoms with van der Waals surface area (Å²) in [5, 5.41) is 13.9. The van der Waals surface area contributed by atoms with Gasteiger partial charge in [-0.2, -0.15) is 0 Å². The van der Waals surface area contributed by atoms with Crippen molar-refractivity contribution in [3.8, 4) is 5.75 Å². The molecule has 0 aromatic heterocycles. The molecular weight excluding hydrogens is 554 g/mol. The third kappa shape index (κ3) is 6.57. The Kier molecular flexibility index (Phi) is 9.07. The molecule has 0 spiro atoms. The van der Waals surface area contributed by atoms with Crippen LogP contribution in [0.4, 0.5) is 8.78 Å². The lowest BCUT2D eigenvalue weighted by Gasteiger charge is -2.49. The van der Waals surface area contributed by atoms with Gasteiger partial charge in [-0.15, -0.1) is 11.8 Å². The third-order valence-corrected chi connectivity index (χ3v) is 8.06. The van der Waals surface area contributed by atoms with E-state index < -0.39 is 46.9 Å². The zero-order chi connectivity index (χ0) is 29.7. The van der Waals surface area contributed by atoms with Gasteiger partial charge in [0.2, 0.25) is 5.91 Å².